The van der Waals surface area contributed by atoms with Crippen LogP contribution in [0.3, 0.4) is 0 Å². The van der Waals surface area contributed by atoms with Crippen molar-refractivity contribution in [1.82, 2.24) is 10.3 Å². The molecule has 0 fully saturated rings. The molecule has 0 spiro atoms. The van der Waals surface area contributed by atoms with Gasteiger partial charge in [-0.15, -0.1) is 22.7 Å². The van der Waals surface area contributed by atoms with E-state index in [0.29, 0.717) is 18.5 Å². The van der Waals surface area contributed by atoms with Crippen LogP contribution < -0.4 is 5.32 Å². The van der Waals surface area contributed by atoms with Crippen molar-refractivity contribution in [3.63, 3.8) is 0 Å². The van der Waals surface area contributed by atoms with Crippen molar-refractivity contribution in [1.29, 1.82) is 0 Å². The molecule has 3 nitrogen and oxygen atoms in total. The standard InChI is InChI=1S/C16H13FN2OS2/c17-12-5-3-11(4-6-12)15(20)18-8-7-13-10-22-16(19-13)14-2-1-9-21-14/h1-6,9-10H,7-8H2,(H,18,20). The molecule has 2 aromatic heterocycles. The predicted molar refractivity (Wildman–Crippen MR) is 87.9 cm³/mol. The number of nitrogens with zero attached hydrogens (tertiary/aromatic N) is 1. The first-order chi connectivity index (χ1) is 10.7. The molecule has 0 atom stereocenters. The number of hydrogen-bond acceptors (Lipinski definition) is 4. The number of carbonyl (C=O) groups excluding carboxylic acids is 1. The highest BCUT2D eigenvalue weighted by Crippen LogP contribution is 2.27. The lowest BCUT2D eigenvalue weighted by Gasteiger charge is -2.03. The molecule has 1 aromatic carbocycles. The van der Waals surface area contributed by atoms with Gasteiger partial charge < -0.3 is 5.32 Å². The van der Waals surface area contributed by atoms with Crippen molar-refractivity contribution in [2.24, 2.45) is 0 Å². The Morgan fingerprint density at radius 1 is 1.18 bits per heavy atom. The third kappa shape index (κ3) is 3.58. The van der Waals surface area contributed by atoms with Crippen LogP contribution in [-0.2, 0) is 6.42 Å². The summed E-state index contributed by atoms with van der Waals surface area (Å²) < 4.78 is 12.8. The van der Waals surface area contributed by atoms with Crippen molar-refractivity contribution < 1.29 is 9.18 Å². The molecule has 2 heterocycles. The number of hydrogen-bond donors (Lipinski definition) is 1. The second-order valence-corrected chi connectivity index (χ2v) is 6.44. The Morgan fingerprint density at radius 2 is 2.00 bits per heavy atom. The molecule has 6 heteroatoms. The monoisotopic (exact) mass is 332 g/mol. The number of rotatable bonds is 5. The van der Waals surface area contributed by atoms with Gasteiger partial charge in [0.25, 0.3) is 5.91 Å². The van der Waals surface area contributed by atoms with Gasteiger partial charge in [0.15, 0.2) is 0 Å². The summed E-state index contributed by atoms with van der Waals surface area (Å²) in [5, 5.41) is 7.87. The van der Waals surface area contributed by atoms with Crippen molar-refractivity contribution in [3.8, 4) is 9.88 Å². The summed E-state index contributed by atoms with van der Waals surface area (Å²) >= 11 is 3.27. The minimum Gasteiger partial charge on any atom is -0.352 e. The summed E-state index contributed by atoms with van der Waals surface area (Å²) in [5.74, 6) is -0.547. The molecule has 3 aromatic rings. The molecular weight excluding hydrogens is 319 g/mol. The Kier molecular flexibility index (Phi) is 4.60. The van der Waals surface area contributed by atoms with Crippen LogP contribution in [0.2, 0.25) is 0 Å². The van der Waals surface area contributed by atoms with Crippen LogP contribution in [0.4, 0.5) is 4.39 Å². The molecule has 0 saturated carbocycles. The maximum atomic E-state index is 12.8. The topological polar surface area (TPSA) is 42.0 Å². The lowest BCUT2D eigenvalue weighted by Crippen LogP contribution is -2.25. The van der Waals surface area contributed by atoms with Crippen molar-refractivity contribution in [2.75, 3.05) is 6.54 Å². The molecule has 1 N–H and O–H groups in total. The van der Waals surface area contributed by atoms with Gasteiger partial charge in [-0.2, -0.15) is 0 Å². The molecule has 0 radical (unpaired) electrons. The Morgan fingerprint density at radius 3 is 2.73 bits per heavy atom. The van der Waals surface area contributed by atoms with Gasteiger partial charge in [-0.25, -0.2) is 9.37 Å². The van der Waals surface area contributed by atoms with E-state index in [0.717, 1.165) is 15.6 Å². The van der Waals surface area contributed by atoms with E-state index in [1.54, 1.807) is 22.7 Å². The fraction of sp³-hybridized carbons (Fsp3) is 0.125. The van der Waals surface area contributed by atoms with Crippen LogP contribution in [-0.4, -0.2) is 17.4 Å². The van der Waals surface area contributed by atoms with E-state index in [1.807, 2.05) is 22.9 Å². The van der Waals surface area contributed by atoms with E-state index in [1.165, 1.54) is 24.3 Å². The zero-order valence-electron chi connectivity index (χ0n) is 11.6. The highest BCUT2D eigenvalue weighted by atomic mass is 32.1. The van der Waals surface area contributed by atoms with Gasteiger partial charge in [-0.1, -0.05) is 6.07 Å². The summed E-state index contributed by atoms with van der Waals surface area (Å²) in [6, 6.07) is 9.56. The van der Waals surface area contributed by atoms with E-state index < -0.39 is 0 Å². The molecule has 1 amide bonds. The average molecular weight is 332 g/mol. The number of halogens is 1. The molecule has 0 bridgehead atoms. The number of carbonyl (C=O) groups is 1. The van der Waals surface area contributed by atoms with Crippen molar-refractivity contribution >= 4 is 28.6 Å². The second-order valence-electron chi connectivity index (χ2n) is 4.63. The Bertz CT molecular complexity index is 751. The molecule has 0 aliphatic heterocycles. The average Bonchev–Trinajstić information content (AvgIpc) is 3.19. The van der Waals surface area contributed by atoms with Crippen LogP contribution in [0.5, 0.6) is 0 Å². The number of nitrogens with one attached hydrogen (secondary N) is 1. The van der Waals surface area contributed by atoms with Gasteiger partial charge in [0.05, 0.1) is 10.6 Å². The second kappa shape index (κ2) is 6.81. The fourth-order valence-electron chi connectivity index (χ4n) is 1.94. The highest BCUT2D eigenvalue weighted by Gasteiger charge is 2.07. The smallest absolute Gasteiger partial charge is 0.251 e. The Labute approximate surface area is 135 Å². The molecular formula is C16H13FN2OS2. The zero-order valence-corrected chi connectivity index (χ0v) is 13.2. The third-order valence-electron chi connectivity index (χ3n) is 3.06. The van der Waals surface area contributed by atoms with Gasteiger partial charge in [-0.3, -0.25) is 4.79 Å². The van der Waals surface area contributed by atoms with Gasteiger partial charge in [0.1, 0.15) is 10.8 Å². The summed E-state index contributed by atoms with van der Waals surface area (Å²) in [7, 11) is 0. The maximum absolute atomic E-state index is 12.8. The molecule has 0 unspecified atom stereocenters. The normalized spacial score (nSPS) is 10.6. The molecule has 0 aliphatic rings. The van der Waals surface area contributed by atoms with E-state index >= 15 is 0 Å². The number of aromatic nitrogens is 1. The maximum Gasteiger partial charge on any atom is 0.251 e. The van der Waals surface area contributed by atoms with Crippen molar-refractivity contribution in [3.05, 3.63) is 64.2 Å². The molecule has 22 heavy (non-hydrogen) atoms. The predicted octanol–water partition coefficient (Wildman–Crippen LogP) is 3.98. The summed E-state index contributed by atoms with van der Waals surface area (Å²) in [6.45, 7) is 0.504. The molecule has 0 aliphatic carbocycles. The Balaban J connectivity index is 1.53. The highest BCUT2D eigenvalue weighted by molar-refractivity contribution is 7.20. The largest absolute Gasteiger partial charge is 0.352 e. The van der Waals surface area contributed by atoms with Gasteiger partial charge >= 0.3 is 0 Å². The minimum absolute atomic E-state index is 0.200. The summed E-state index contributed by atoms with van der Waals surface area (Å²) in [6.07, 6.45) is 0.675. The number of amides is 1. The van der Waals surface area contributed by atoms with Gasteiger partial charge in [0.2, 0.25) is 0 Å². The number of thiazole rings is 1. The van der Waals surface area contributed by atoms with Gasteiger partial charge in [0, 0.05) is 23.9 Å². The van der Waals surface area contributed by atoms with Crippen LogP contribution in [0.15, 0.2) is 47.2 Å². The Hall–Kier alpha value is -2.05. The van der Waals surface area contributed by atoms with E-state index in [-0.39, 0.29) is 11.7 Å². The first-order valence-corrected chi connectivity index (χ1v) is 8.50. The zero-order chi connectivity index (χ0) is 15.4. The van der Waals surface area contributed by atoms with E-state index in [2.05, 4.69) is 10.3 Å². The van der Waals surface area contributed by atoms with E-state index in [9.17, 15) is 9.18 Å². The number of thiophene rings is 1. The molecule has 0 saturated heterocycles. The van der Waals surface area contributed by atoms with Gasteiger partial charge in [-0.05, 0) is 35.7 Å². The summed E-state index contributed by atoms with van der Waals surface area (Å²) in [4.78, 5) is 17.6. The van der Waals surface area contributed by atoms with Crippen molar-refractivity contribution in [2.45, 2.75) is 6.42 Å². The SMILES string of the molecule is O=C(NCCc1csc(-c2cccs2)n1)c1ccc(F)cc1. The van der Waals surface area contributed by atoms with Crippen LogP contribution in [0.1, 0.15) is 16.1 Å². The molecule has 112 valence electrons. The van der Waals surface area contributed by atoms with Crippen LogP contribution in [0, 0.1) is 5.82 Å². The first-order valence-electron chi connectivity index (χ1n) is 6.74. The number of benzene rings is 1. The minimum atomic E-state index is -0.347. The first kappa shape index (κ1) is 14.9. The van der Waals surface area contributed by atoms with E-state index in [4.69, 9.17) is 0 Å². The fourth-order valence-corrected chi connectivity index (χ4v) is 3.61. The van der Waals surface area contributed by atoms with Crippen LogP contribution >= 0.6 is 22.7 Å². The summed E-state index contributed by atoms with van der Waals surface area (Å²) in [5.41, 5.74) is 1.42. The quantitative estimate of drug-likeness (QED) is 0.768. The van der Waals surface area contributed by atoms with Crippen LogP contribution in [0.25, 0.3) is 9.88 Å². The molecule has 3 rings (SSSR count). The third-order valence-corrected chi connectivity index (χ3v) is 4.99. The lowest BCUT2D eigenvalue weighted by molar-refractivity contribution is 0.0954. The lowest BCUT2D eigenvalue weighted by atomic mass is 10.2.